The molecule has 0 atom stereocenters. The molecule has 2 heterocycles. The van der Waals surface area contributed by atoms with E-state index >= 15 is 0 Å². The summed E-state index contributed by atoms with van der Waals surface area (Å²) in [5.41, 5.74) is 1.85. The molecule has 0 amide bonds. The molecule has 120 valence electrons. The first-order valence-electron chi connectivity index (χ1n) is 7.46. The number of nitrogens with zero attached hydrogens (tertiary/aromatic N) is 2. The van der Waals surface area contributed by atoms with Gasteiger partial charge in [0.15, 0.2) is 0 Å². The molecule has 0 spiro atoms. The fraction of sp³-hybridized carbons (Fsp3) is 0.111. The molecule has 2 aromatic heterocycles. The van der Waals surface area contributed by atoms with Crippen LogP contribution in [-0.2, 0) is 29.0 Å². The molecular formula is C18H16N3O2S+. The minimum absolute atomic E-state index is 0.483. The molecule has 1 aromatic carbocycles. The van der Waals surface area contributed by atoms with Crippen LogP contribution in [-0.4, -0.2) is 9.97 Å². The van der Waals surface area contributed by atoms with Gasteiger partial charge in [-0.05, 0) is 36.4 Å². The molecular weight excluding hydrogens is 322 g/mol. The van der Waals surface area contributed by atoms with Crippen LogP contribution in [0, 0.1) is 0 Å². The molecule has 0 aliphatic rings. The van der Waals surface area contributed by atoms with Crippen molar-refractivity contribution in [2.24, 2.45) is 0 Å². The number of hydrogen-bond donors (Lipinski definition) is 1. The quantitative estimate of drug-likeness (QED) is 0.669. The summed E-state index contributed by atoms with van der Waals surface area (Å²) in [4.78, 5) is 8.97. The van der Waals surface area contributed by atoms with Gasteiger partial charge in [0.1, 0.15) is 11.5 Å². The molecule has 0 saturated carbocycles. The first kappa shape index (κ1) is 16.2. The van der Waals surface area contributed by atoms with E-state index in [4.69, 9.17) is 4.74 Å². The van der Waals surface area contributed by atoms with Crippen LogP contribution in [0.2, 0.25) is 0 Å². The van der Waals surface area contributed by atoms with Gasteiger partial charge in [-0.1, -0.05) is 6.07 Å². The average Bonchev–Trinajstić information content (AvgIpc) is 2.64. The van der Waals surface area contributed by atoms with Crippen molar-refractivity contribution in [3.8, 4) is 11.5 Å². The van der Waals surface area contributed by atoms with Gasteiger partial charge in [-0.2, -0.15) is 0 Å². The number of benzene rings is 1. The molecule has 0 unspecified atom stereocenters. The van der Waals surface area contributed by atoms with Gasteiger partial charge in [0.2, 0.25) is 0 Å². The third kappa shape index (κ3) is 4.41. The summed E-state index contributed by atoms with van der Waals surface area (Å²) in [7, 11) is 0. The van der Waals surface area contributed by atoms with E-state index in [1.54, 1.807) is 30.7 Å². The summed E-state index contributed by atoms with van der Waals surface area (Å²) in [5.74, 6) is 1.34. The molecule has 0 fully saturated rings. The summed E-state index contributed by atoms with van der Waals surface area (Å²) < 4.78 is 17.0. The van der Waals surface area contributed by atoms with Crippen LogP contribution < -0.4 is 10.1 Å². The average molecular weight is 338 g/mol. The smallest absolute Gasteiger partial charge is 0.456 e. The van der Waals surface area contributed by atoms with Crippen molar-refractivity contribution < 1.29 is 8.95 Å². The van der Waals surface area contributed by atoms with Gasteiger partial charge in [0.05, 0.1) is 11.9 Å². The fourth-order valence-electron chi connectivity index (χ4n) is 2.21. The van der Waals surface area contributed by atoms with Crippen LogP contribution in [0.25, 0.3) is 0 Å². The normalized spacial score (nSPS) is 10.3. The van der Waals surface area contributed by atoms with E-state index in [0.29, 0.717) is 41.2 Å². The van der Waals surface area contributed by atoms with E-state index in [1.807, 2.05) is 36.4 Å². The molecule has 5 nitrogen and oxygen atoms in total. The number of aromatic nitrogens is 2. The zero-order valence-corrected chi connectivity index (χ0v) is 13.7. The highest BCUT2D eigenvalue weighted by molar-refractivity contribution is 7.65. The van der Waals surface area contributed by atoms with Gasteiger partial charge < -0.3 is 10.1 Å². The molecule has 0 aliphatic heterocycles. The van der Waals surface area contributed by atoms with E-state index in [-0.39, 0.29) is 0 Å². The maximum atomic E-state index is 11.3. The molecule has 1 N–H and O–H groups in total. The van der Waals surface area contributed by atoms with Gasteiger partial charge in [0.25, 0.3) is 4.90 Å². The summed E-state index contributed by atoms with van der Waals surface area (Å²) in [6.45, 7) is 1.20. The predicted octanol–water partition coefficient (Wildman–Crippen LogP) is 3.35. The topological polar surface area (TPSA) is 64.1 Å². The second-order valence-corrected chi connectivity index (χ2v) is 5.67. The Kier molecular flexibility index (Phi) is 5.55. The first-order valence-corrected chi connectivity index (χ1v) is 8.20. The molecule has 24 heavy (non-hydrogen) atoms. The lowest BCUT2D eigenvalue weighted by Crippen LogP contribution is -2.14. The van der Waals surface area contributed by atoms with Crippen LogP contribution in [0.5, 0.6) is 11.5 Å². The van der Waals surface area contributed by atoms with Crippen molar-refractivity contribution >= 4 is 11.7 Å². The minimum Gasteiger partial charge on any atom is -0.456 e. The Balaban J connectivity index is 1.68. The molecule has 3 aromatic rings. The Morgan fingerprint density at radius 1 is 1.00 bits per heavy atom. The third-order valence-corrected chi connectivity index (χ3v) is 3.92. The molecule has 0 radical (unpaired) electrons. The largest absolute Gasteiger partial charge is 0.505 e. The molecule has 0 aliphatic carbocycles. The number of rotatable bonds is 7. The van der Waals surface area contributed by atoms with Crippen LogP contribution >= 0.6 is 0 Å². The van der Waals surface area contributed by atoms with Gasteiger partial charge in [-0.25, -0.2) is 0 Å². The summed E-state index contributed by atoms with van der Waals surface area (Å²) in [6, 6.07) is 14.9. The van der Waals surface area contributed by atoms with E-state index < -0.39 is 0 Å². The zero-order chi connectivity index (χ0) is 16.6. The van der Waals surface area contributed by atoms with Gasteiger partial charge in [0, 0.05) is 41.3 Å². The van der Waals surface area contributed by atoms with Gasteiger partial charge in [-0.3, -0.25) is 9.97 Å². The Labute approximate surface area is 144 Å². The van der Waals surface area contributed by atoms with Crippen LogP contribution in [0.15, 0.2) is 72.0 Å². The third-order valence-electron chi connectivity index (χ3n) is 3.34. The van der Waals surface area contributed by atoms with Crippen molar-refractivity contribution in [1.82, 2.24) is 15.3 Å². The summed E-state index contributed by atoms with van der Waals surface area (Å²) >= 11 is 0.483. The minimum atomic E-state index is 0.483. The molecule has 0 saturated heterocycles. The SMILES string of the molecule is O=[S+]c1ccc(Oc2cccnc2)cc1CNCc1ccccn1. The predicted molar refractivity (Wildman–Crippen MR) is 91.9 cm³/mol. The number of hydrogen-bond acceptors (Lipinski definition) is 5. The number of pyridine rings is 2. The Hall–Kier alpha value is -2.70. The molecule has 6 heteroatoms. The first-order chi connectivity index (χ1) is 11.8. The van der Waals surface area contributed by atoms with E-state index in [2.05, 4.69) is 15.3 Å². The highest BCUT2D eigenvalue weighted by Crippen LogP contribution is 2.23. The number of nitrogens with one attached hydrogen (secondary N) is 1. The highest BCUT2D eigenvalue weighted by atomic mass is 32.1. The summed E-state index contributed by atoms with van der Waals surface area (Å²) in [6.07, 6.45) is 5.10. The lowest BCUT2D eigenvalue weighted by atomic mass is 10.2. The monoisotopic (exact) mass is 338 g/mol. The second-order valence-electron chi connectivity index (χ2n) is 5.07. The van der Waals surface area contributed by atoms with Crippen molar-refractivity contribution in [2.75, 3.05) is 0 Å². The van der Waals surface area contributed by atoms with Crippen molar-refractivity contribution in [3.05, 3.63) is 78.4 Å². The van der Waals surface area contributed by atoms with Crippen LogP contribution in [0.3, 0.4) is 0 Å². The Bertz CT molecular complexity index is 798. The summed E-state index contributed by atoms with van der Waals surface area (Å²) in [5, 5.41) is 3.30. The molecule has 0 bridgehead atoms. The van der Waals surface area contributed by atoms with Crippen LogP contribution in [0.1, 0.15) is 11.3 Å². The van der Waals surface area contributed by atoms with Crippen molar-refractivity contribution in [2.45, 2.75) is 18.0 Å². The second kappa shape index (κ2) is 8.24. The zero-order valence-electron chi connectivity index (χ0n) is 12.9. The lowest BCUT2D eigenvalue weighted by Gasteiger charge is -2.07. The maximum absolute atomic E-state index is 11.3. The van der Waals surface area contributed by atoms with Crippen molar-refractivity contribution in [3.63, 3.8) is 0 Å². The van der Waals surface area contributed by atoms with E-state index in [1.165, 1.54) is 0 Å². The fourth-order valence-corrected chi connectivity index (χ4v) is 2.57. The molecule has 3 rings (SSSR count). The Morgan fingerprint density at radius 3 is 2.71 bits per heavy atom. The number of ether oxygens (including phenoxy) is 1. The van der Waals surface area contributed by atoms with Crippen LogP contribution in [0.4, 0.5) is 0 Å². The highest BCUT2D eigenvalue weighted by Gasteiger charge is 2.15. The van der Waals surface area contributed by atoms with E-state index in [9.17, 15) is 4.21 Å². The standard InChI is InChI=1S/C18H16N3O2S/c22-24-18-7-6-16(23-17-5-3-8-19-13-17)10-14(18)11-20-12-15-4-1-2-9-21-15/h1-10,13,20H,11-12H2/q+1. The van der Waals surface area contributed by atoms with Gasteiger partial charge >= 0.3 is 11.7 Å². The Morgan fingerprint density at radius 2 is 1.96 bits per heavy atom. The van der Waals surface area contributed by atoms with Crippen molar-refractivity contribution in [1.29, 1.82) is 0 Å². The van der Waals surface area contributed by atoms with E-state index in [0.717, 1.165) is 11.3 Å². The maximum Gasteiger partial charge on any atom is 0.505 e. The lowest BCUT2D eigenvalue weighted by molar-refractivity contribution is 0.478. The van der Waals surface area contributed by atoms with Gasteiger partial charge in [-0.15, -0.1) is 0 Å².